The van der Waals surface area contributed by atoms with E-state index in [2.05, 4.69) is 0 Å². The summed E-state index contributed by atoms with van der Waals surface area (Å²) in [4.78, 5) is 12.6. The summed E-state index contributed by atoms with van der Waals surface area (Å²) in [5.74, 6) is -0.735. The Bertz CT molecular complexity index is 783. The number of alkyl halides is 1. The van der Waals surface area contributed by atoms with Crippen molar-refractivity contribution in [2.24, 2.45) is 0 Å². The lowest BCUT2D eigenvalue weighted by molar-refractivity contribution is 0.0970. The molecule has 0 saturated heterocycles. The van der Waals surface area contributed by atoms with Crippen molar-refractivity contribution >= 4 is 27.2 Å². The molecule has 0 aliphatic heterocycles. The topological polar surface area (TPSA) is 51.2 Å². The molecule has 0 aliphatic rings. The molecule has 0 fully saturated rings. The van der Waals surface area contributed by atoms with Gasteiger partial charge in [-0.2, -0.15) is 0 Å². The largest absolute Gasteiger partial charge is 0.291 e. The number of Topliss-reactive ketones (excluding diaryl/α,β-unsaturated/α-hetero) is 1. The maximum absolute atomic E-state index is 12.6. The second-order valence-electron chi connectivity index (χ2n) is 5.26. The molecule has 23 heavy (non-hydrogen) atoms. The van der Waals surface area contributed by atoms with Crippen LogP contribution >= 0.6 is 11.6 Å². The van der Waals surface area contributed by atoms with Crippen molar-refractivity contribution in [3.63, 3.8) is 0 Å². The van der Waals surface area contributed by atoms with Gasteiger partial charge in [-0.1, -0.05) is 80.0 Å². The number of carbonyl (C=O) groups is 1. The van der Waals surface area contributed by atoms with Gasteiger partial charge in [0.15, 0.2) is 15.6 Å². The minimum atomic E-state index is -3.70. The van der Waals surface area contributed by atoms with E-state index >= 15 is 0 Å². The maximum Gasteiger partial charge on any atom is 0.207 e. The molecule has 0 heterocycles. The first-order valence-electron chi connectivity index (χ1n) is 7.47. The first-order valence-corrected chi connectivity index (χ1v) is 9.50. The molecule has 122 valence electrons. The summed E-state index contributed by atoms with van der Waals surface area (Å²) in [6, 6.07) is 16.6. The highest BCUT2D eigenvalue weighted by molar-refractivity contribution is 7.95. The highest BCUT2D eigenvalue weighted by atomic mass is 35.5. The van der Waals surface area contributed by atoms with Crippen LogP contribution in [-0.2, 0) is 9.84 Å². The van der Waals surface area contributed by atoms with E-state index in [-0.39, 0.29) is 12.2 Å². The van der Waals surface area contributed by atoms with E-state index < -0.39 is 19.8 Å². The van der Waals surface area contributed by atoms with Crippen LogP contribution in [0.5, 0.6) is 0 Å². The summed E-state index contributed by atoms with van der Waals surface area (Å²) in [7, 11) is -3.70. The van der Waals surface area contributed by atoms with E-state index in [0.717, 1.165) is 11.1 Å². The van der Waals surface area contributed by atoms with E-state index in [0.29, 0.717) is 5.56 Å². The average molecular weight is 351 g/mol. The number of benzene rings is 2. The number of hydrogen-bond acceptors (Lipinski definition) is 3. The lowest BCUT2D eigenvalue weighted by Gasteiger charge is -2.23. The zero-order chi connectivity index (χ0) is 17.1. The Morgan fingerprint density at radius 3 is 1.96 bits per heavy atom. The third-order valence-corrected chi connectivity index (χ3v) is 7.29. The zero-order valence-corrected chi connectivity index (χ0v) is 14.7. The fourth-order valence-electron chi connectivity index (χ4n) is 2.41. The number of rotatable bonds is 6. The smallest absolute Gasteiger partial charge is 0.207 e. The molecule has 0 bridgehead atoms. The van der Waals surface area contributed by atoms with Gasteiger partial charge in [-0.3, -0.25) is 4.79 Å². The molecule has 3 nitrogen and oxygen atoms in total. The lowest BCUT2D eigenvalue weighted by atomic mass is 10.0. The van der Waals surface area contributed by atoms with Crippen LogP contribution in [0, 0.1) is 0 Å². The van der Waals surface area contributed by atoms with E-state index in [1.807, 2.05) is 30.3 Å². The SMILES string of the molecule is CC[C@](Cl)(C(=O)c1ccc(-c2ccccc2)cc1)S(=O)(=O)CC. The Kier molecular flexibility index (Phi) is 5.27. The number of hydrogen-bond donors (Lipinski definition) is 0. The van der Waals surface area contributed by atoms with Crippen molar-refractivity contribution in [3.05, 3.63) is 60.2 Å². The molecule has 0 aliphatic carbocycles. The Balaban J connectivity index is 2.37. The van der Waals surface area contributed by atoms with Crippen LogP contribution < -0.4 is 0 Å². The van der Waals surface area contributed by atoms with Gasteiger partial charge in [-0.05, 0) is 17.5 Å². The fraction of sp³-hybridized carbons (Fsp3) is 0.278. The summed E-state index contributed by atoms with van der Waals surface area (Å²) < 4.78 is 22.5. The molecule has 0 saturated carbocycles. The van der Waals surface area contributed by atoms with Gasteiger partial charge in [0, 0.05) is 11.3 Å². The van der Waals surface area contributed by atoms with Crippen LogP contribution in [0.1, 0.15) is 30.6 Å². The highest BCUT2D eigenvalue weighted by Crippen LogP contribution is 2.32. The van der Waals surface area contributed by atoms with Gasteiger partial charge in [-0.25, -0.2) is 8.42 Å². The van der Waals surface area contributed by atoms with Crippen molar-refractivity contribution in [3.8, 4) is 11.1 Å². The predicted octanol–water partition coefficient (Wildman–Crippen LogP) is 4.32. The quantitative estimate of drug-likeness (QED) is 0.576. The second kappa shape index (κ2) is 6.85. The van der Waals surface area contributed by atoms with Crippen LogP contribution in [0.3, 0.4) is 0 Å². The summed E-state index contributed by atoms with van der Waals surface area (Å²) in [6.45, 7) is 3.10. The van der Waals surface area contributed by atoms with E-state index in [4.69, 9.17) is 11.6 Å². The minimum Gasteiger partial charge on any atom is -0.291 e. The van der Waals surface area contributed by atoms with Gasteiger partial charge in [0.05, 0.1) is 0 Å². The Morgan fingerprint density at radius 2 is 1.48 bits per heavy atom. The molecule has 0 aromatic heterocycles. The van der Waals surface area contributed by atoms with Crippen LogP contribution in [0.25, 0.3) is 11.1 Å². The Hall–Kier alpha value is -1.65. The summed E-state index contributed by atoms with van der Waals surface area (Å²) in [5.41, 5.74) is 2.29. The fourth-order valence-corrected chi connectivity index (χ4v) is 4.14. The van der Waals surface area contributed by atoms with Crippen LogP contribution in [0.15, 0.2) is 54.6 Å². The Morgan fingerprint density at radius 1 is 0.957 bits per heavy atom. The monoisotopic (exact) mass is 350 g/mol. The molecule has 0 spiro atoms. The van der Waals surface area contributed by atoms with Gasteiger partial charge in [0.2, 0.25) is 4.21 Å². The van der Waals surface area contributed by atoms with Gasteiger partial charge in [0.1, 0.15) is 0 Å². The summed E-state index contributed by atoms with van der Waals surface area (Å²) in [6.07, 6.45) is 0.0317. The van der Waals surface area contributed by atoms with Gasteiger partial charge < -0.3 is 0 Å². The van der Waals surface area contributed by atoms with E-state index in [9.17, 15) is 13.2 Å². The van der Waals surface area contributed by atoms with Crippen molar-refractivity contribution < 1.29 is 13.2 Å². The molecular weight excluding hydrogens is 332 g/mol. The first-order chi connectivity index (χ1) is 10.9. The molecule has 0 amide bonds. The predicted molar refractivity (Wildman–Crippen MR) is 94.5 cm³/mol. The molecule has 2 aromatic carbocycles. The van der Waals surface area contributed by atoms with Crippen molar-refractivity contribution in [2.75, 3.05) is 5.75 Å². The molecule has 1 atom stereocenters. The van der Waals surface area contributed by atoms with Gasteiger partial charge >= 0.3 is 0 Å². The number of carbonyl (C=O) groups excluding carboxylic acids is 1. The van der Waals surface area contributed by atoms with Gasteiger partial charge in [0.25, 0.3) is 0 Å². The van der Waals surface area contributed by atoms with E-state index in [1.54, 1.807) is 31.2 Å². The maximum atomic E-state index is 12.6. The highest BCUT2D eigenvalue weighted by Gasteiger charge is 2.46. The second-order valence-corrected chi connectivity index (χ2v) is 8.63. The molecule has 2 aromatic rings. The molecular formula is C18H19ClO3S. The normalized spacial score (nSPS) is 14.2. The first kappa shape index (κ1) is 17.7. The standard InChI is InChI=1S/C18H19ClO3S/c1-3-18(19,23(21,22)4-2)17(20)16-12-10-15(11-13-16)14-8-6-5-7-9-14/h5-13H,3-4H2,1-2H3/t18-/m1/s1. The lowest BCUT2D eigenvalue weighted by Crippen LogP contribution is -2.41. The number of halogens is 1. The third kappa shape index (κ3) is 3.33. The molecule has 0 N–H and O–H groups in total. The Labute approximate surface area is 142 Å². The van der Waals surface area contributed by atoms with Crippen LogP contribution in [-0.4, -0.2) is 24.2 Å². The van der Waals surface area contributed by atoms with Crippen LogP contribution in [0.4, 0.5) is 0 Å². The molecule has 0 radical (unpaired) electrons. The number of ketones is 1. The third-order valence-electron chi connectivity index (χ3n) is 3.92. The molecule has 0 unspecified atom stereocenters. The molecule has 5 heteroatoms. The molecule has 2 rings (SSSR count). The zero-order valence-electron chi connectivity index (χ0n) is 13.1. The minimum absolute atomic E-state index is 0.0317. The van der Waals surface area contributed by atoms with Crippen molar-refractivity contribution in [1.29, 1.82) is 0 Å². The average Bonchev–Trinajstić information content (AvgIpc) is 2.61. The summed E-state index contributed by atoms with van der Waals surface area (Å²) >= 11 is 6.22. The van der Waals surface area contributed by atoms with Gasteiger partial charge in [-0.15, -0.1) is 0 Å². The number of sulfone groups is 1. The van der Waals surface area contributed by atoms with E-state index in [1.165, 1.54) is 6.92 Å². The van der Waals surface area contributed by atoms with Crippen LogP contribution in [0.2, 0.25) is 0 Å². The van der Waals surface area contributed by atoms with Crippen molar-refractivity contribution in [1.82, 2.24) is 0 Å². The summed E-state index contributed by atoms with van der Waals surface area (Å²) in [5, 5.41) is 0. The van der Waals surface area contributed by atoms with Crippen molar-refractivity contribution in [2.45, 2.75) is 24.5 Å².